The second kappa shape index (κ2) is 2.39. The van der Waals surface area contributed by atoms with Gasteiger partial charge in [0.25, 0.3) is 0 Å². The molecule has 5 heteroatoms. The first-order valence-electron chi connectivity index (χ1n) is 3.29. The van der Waals surface area contributed by atoms with E-state index in [-0.39, 0.29) is 12.5 Å². The predicted molar refractivity (Wildman–Crippen MR) is 35.3 cm³/mol. The van der Waals surface area contributed by atoms with Crippen LogP contribution in [0, 0.1) is 0 Å². The summed E-state index contributed by atoms with van der Waals surface area (Å²) in [7, 11) is 1.55. The molecule has 0 saturated heterocycles. The van der Waals surface area contributed by atoms with Crippen molar-refractivity contribution in [2.75, 3.05) is 7.05 Å². The van der Waals surface area contributed by atoms with Gasteiger partial charge in [0.1, 0.15) is 5.71 Å². The Bertz CT molecular complexity index is 185. The van der Waals surface area contributed by atoms with Crippen molar-refractivity contribution < 1.29 is 13.2 Å². The molecular formula is C6H9F3N2. The molecule has 0 fully saturated rings. The second-order valence-corrected chi connectivity index (χ2v) is 2.67. The highest BCUT2D eigenvalue weighted by Gasteiger charge is 2.40. The highest BCUT2D eigenvalue weighted by Crippen LogP contribution is 2.26. The van der Waals surface area contributed by atoms with E-state index in [1.807, 2.05) is 0 Å². The fourth-order valence-electron chi connectivity index (χ4n) is 0.914. The van der Waals surface area contributed by atoms with Crippen molar-refractivity contribution in [1.29, 1.82) is 0 Å². The summed E-state index contributed by atoms with van der Waals surface area (Å²) in [4.78, 5) is 0. The molecule has 1 heterocycles. The molecule has 1 aliphatic rings. The molecular weight excluding hydrogens is 157 g/mol. The average molecular weight is 166 g/mol. The summed E-state index contributed by atoms with van der Waals surface area (Å²) in [6.07, 6.45) is -4.25. The smallest absolute Gasteiger partial charge is 0.297 e. The Morgan fingerprint density at radius 3 is 2.27 bits per heavy atom. The van der Waals surface area contributed by atoms with E-state index >= 15 is 0 Å². The van der Waals surface area contributed by atoms with Crippen molar-refractivity contribution in [2.45, 2.75) is 25.6 Å². The molecule has 0 aromatic rings. The fraction of sp³-hybridized carbons (Fsp3) is 0.833. The van der Waals surface area contributed by atoms with E-state index in [0.29, 0.717) is 0 Å². The van der Waals surface area contributed by atoms with E-state index in [1.165, 1.54) is 5.01 Å². The van der Waals surface area contributed by atoms with Gasteiger partial charge in [-0.05, 0) is 6.92 Å². The third kappa shape index (κ3) is 1.64. The van der Waals surface area contributed by atoms with Crippen LogP contribution in [-0.4, -0.2) is 30.0 Å². The van der Waals surface area contributed by atoms with Crippen LogP contribution >= 0.6 is 0 Å². The maximum Gasteiger partial charge on any atom is 0.431 e. The molecule has 1 unspecified atom stereocenters. The maximum absolute atomic E-state index is 11.9. The molecule has 0 aromatic carbocycles. The van der Waals surface area contributed by atoms with Crippen LogP contribution in [0.15, 0.2) is 5.10 Å². The summed E-state index contributed by atoms with van der Waals surface area (Å²) in [5.41, 5.74) is -0.674. The van der Waals surface area contributed by atoms with Gasteiger partial charge >= 0.3 is 6.18 Å². The summed E-state index contributed by atoms with van der Waals surface area (Å²) >= 11 is 0. The van der Waals surface area contributed by atoms with Crippen molar-refractivity contribution >= 4 is 5.71 Å². The Morgan fingerprint density at radius 1 is 1.55 bits per heavy atom. The van der Waals surface area contributed by atoms with Crippen LogP contribution in [0.25, 0.3) is 0 Å². The lowest BCUT2D eigenvalue weighted by atomic mass is 10.2. The Morgan fingerprint density at radius 2 is 2.09 bits per heavy atom. The van der Waals surface area contributed by atoms with Crippen molar-refractivity contribution in [1.82, 2.24) is 5.01 Å². The van der Waals surface area contributed by atoms with Crippen molar-refractivity contribution in [3.8, 4) is 0 Å². The zero-order valence-electron chi connectivity index (χ0n) is 6.31. The van der Waals surface area contributed by atoms with E-state index in [0.717, 1.165) is 0 Å². The van der Waals surface area contributed by atoms with Gasteiger partial charge in [0, 0.05) is 19.5 Å². The topological polar surface area (TPSA) is 15.6 Å². The zero-order chi connectivity index (χ0) is 8.65. The Kier molecular flexibility index (Phi) is 1.82. The Balaban J connectivity index is 2.71. The molecule has 1 aliphatic heterocycles. The lowest BCUT2D eigenvalue weighted by molar-refractivity contribution is -0.0601. The first-order valence-corrected chi connectivity index (χ1v) is 3.29. The van der Waals surface area contributed by atoms with E-state index in [4.69, 9.17) is 0 Å². The number of halogens is 3. The normalized spacial score (nSPS) is 25.7. The van der Waals surface area contributed by atoms with E-state index in [2.05, 4.69) is 5.10 Å². The van der Waals surface area contributed by atoms with Gasteiger partial charge in [0.2, 0.25) is 0 Å². The highest BCUT2D eigenvalue weighted by molar-refractivity contribution is 5.91. The number of nitrogens with zero attached hydrogens (tertiary/aromatic N) is 2. The molecule has 0 bridgehead atoms. The maximum atomic E-state index is 11.9. The Hall–Kier alpha value is -0.740. The van der Waals surface area contributed by atoms with Crippen molar-refractivity contribution in [2.24, 2.45) is 5.10 Å². The number of rotatable bonds is 0. The molecule has 0 saturated carbocycles. The van der Waals surface area contributed by atoms with Gasteiger partial charge in [-0.2, -0.15) is 18.3 Å². The van der Waals surface area contributed by atoms with Crippen LogP contribution in [0.5, 0.6) is 0 Å². The molecule has 0 spiro atoms. The number of alkyl halides is 3. The summed E-state index contributed by atoms with van der Waals surface area (Å²) in [6.45, 7) is 1.71. The van der Waals surface area contributed by atoms with E-state index in [9.17, 15) is 13.2 Å². The van der Waals surface area contributed by atoms with Gasteiger partial charge in [0.15, 0.2) is 0 Å². The monoisotopic (exact) mass is 166 g/mol. The quantitative estimate of drug-likeness (QED) is 0.534. The number of hydrazone groups is 1. The van der Waals surface area contributed by atoms with Crippen LogP contribution in [0.1, 0.15) is 13.3 Å². The van der Waals surface area contributed by atoms with Gasteiger partial charge in [-0.15, -0.1) is 0 Å². The molecule has 0 aliphatic carbocycles. The standard InChI is InChI=1S/C6H9F3N2/c1-4-3-5(6(7,8)9)10-11(4)2/h4H,3H2,1-2H3. The van der Waals surface area contributed by atoms with Crippen LogP contribution in [0.4, 0.5) is 13.2 Å². The predicted octanol–water partition coefficient (Wildman–Crippen LogP) is 1.63. The first kappa shape index (κ1) is 8.36. The van der Waals surface area contributed by atoms with Crippen molar-refractivity contribution in [3.05, 3.63) is 0 Å². The molecule has 1 rings (SSSR count). The minimum absolute atomic E-state index is 0. The zero-order valence-corrected chi connectivity index (χ0v) is 6.31. The van der Waals surface area contributed by atoms with E-state index in [1.54, 1.807) is 14.0 Å². The average Bonchev–Trinajstić information content (AvgIpc) is 2.11. The van der Waals surface area contributed by atoms with Gasteiger partial charge in [0.05, 0.1) is 0 Å². The molecule has 0 radical (unpaired) electrons. The lowest BCUT2D eigenvalue weighted by Gasteiger charge is -2.11. The summed E-state index contributed by atoms with van der Waals surface area (Å²) in [6, 6.07) is -0.133. The van der Waals surface area contributed by atoms with Gasteiger partial charge in [-0.3, -0.25) is 5.01 Å². The Labute approximate surface area is 62.7 Å². The summed E-state index contributed by atoms with van der Waals surface area (Å²) < 4.78 is 35.8. The first-order chi connectivity index (χ1) is 4.91. The van der Waals surface area contributed by atoms with Crippen LogP contribution in [0.3, 0.4) is 0 Å². The molecule has 2 nitrogen and oxygen atoms in total. The van der Waals surface area contributed by atoms with Crippen LogP contribution in [-0.2, 0) is 0 Å². The fourth-order valence-corrected chi connectivity index (χ4v) is 0.914. The highest BCUT2D eigenvalue weighted by atomic mass is 19.4. The van der Waals surface area contributed by atoms with Crippen LogP contribution in [0.2, 0.25) is 0 Å². The lowest BCUT2D eigenvalue weighted by Crippen LogP contribution is -2.22. The molecule has 64 valence electrons. The van der Waals surface area contributed by atoms with Crippen LogP contribution < -0.4 is 0 Å². The largest absolute Gasteiger partial charge is 0.431 e. The minimum atomic E-state index is -4.25. The third-order valence-corrected chi connectivity index (χ3v) is 1.73. The summed E-state index contributed by atoms with van der Waals surface area (Å²) in [5, 5.41) is 4.70. The number of hydrogen-bond donors (Lipinski definition) is 0. The summed E-state index contributed by atoms with van der Waals surface area (Å²) in [5.74, 6) is 0. The SMILES string of the molecule is CC1CC(C(F)(F)F)=NN1C. The van der Waals surface area contributed by atoms with Gasteiger partial charge < -0.3 is 0 Å². The van der Waals surface area contributed by atoms with Gasteiger partial charge in [-0.25, -0.2) is 0 Å². The number of hydrogen-bond acceptors (Lipinski definition) is 2. The van der Waals surface area contributed by atoms with E-state index < -0.39 is 11.9 Å². The van der Waals surface area contributed by atoms with Gasteiger partial charge in [-0.1, -0.05) is 0 Å². The molecule has 0 aromatic heterocycles. The van der Waals surface area contributed by atoms with Crippen molar-refractivity contribution in [3.63, 3.8) is 0 Å². The molecule has 11 heavy (non-hydrogen) atoms. The second-order valence-electron chi connectivity index (χ2n) is 2.67. The third-order valence-electron chi connectivity index (χ3n) is 1.73. The minimum Gasteiger partial charge on any atom is -0.297 e. The molecule has 0 N–H and O–H groups in total. The molecule has 0 amide bonds. The molecule has 1 atom stereocenters.